The smallest absolute Gasteiger partial charge is 0.270 e. The number of rotatable bonds is 7. The summed E-state index contributed by atoms with van der Waals surface area (Å²) in [5.74, 6) is 0.681. The fraction of sp³-hybridized carbons (Fsp3) is 0.227. The Labute approximate surface area is 163 Å². The third-order valence-corrected chi connectivity index (χ3v) is 4.54. The van der Waals surface area contributed by atoms with Gasteiger partial charge in [-0.1, -0.05) is 42.5 Å². The van der Waals surface area contributed by atoms with Gasteiger partial charge in [-0.05, 0) is 37.0 Å². The SMILES string of the molecule is O=C(NC1CC1)c1cc(NCCc2ccc(F)cc2)nc(-c2ccccc2)n1. The van der Waals surface area contributed by atoms with Crippen molar-refractivity contribution in [3.8, 4) is 11.4 Å². The molecular weight excluding hydrogens is 355 g/mol. The molecule has 0 unspecified atom stereocenters. The summed E-state index contributed by atoms with van der Waals surface area (Å²) in [6.45, 7) is 0.612. The zero-order valence-electron chi connectivity index (χ0n) is 15.4. The van der Waals surface area contributed by atoms with E-state index in [4.69, 9.17) is 0 Å². The topological polar surface area (TPSA) is 66.9 Å². The number of carbonyl (C=O) groups excluding carboxylic acids is 1. The molecule has 1 aromatic heterocycles. The number of anilines is 1. The van der Waals surface area contributed by atoms with Crippen molar-refractivity contribution in [2.45, 2.75) is 25.3 Å². The Bertz CT molecular complexity index is 956. The minimum Gasteiger partial charge on any atom is -0.370 e. The third-order valence-electron chi connectivity index (χ3n) is 4.54. The molecule has 0 radical (unpaired) electrons. The minimum absolute atomic E-state index is 0.177. The van der Waals surface area contributed by atoms with E-state index in [1.54, 1.807) is 18.2 Å². The number of benzene rings is 2. The highest BCUT2D eigenvalue weighted by molar-refractivity contribution is 5.93. The van der Waals surface area contributed by atoms with Crippen LogP contribution in [0.2, 0.25) is 0 Å². The van der Waals surface area contributed by atoms with Gasteiger partial charge < -0.3 is 10.6 Å². The molecule has 0 aliphatic heterocycles. The highest BCUT2D eigenvalue weighted by Crippen LogP contribution is 2.21. The van der Waals surface area contributed by atoms with Crippen molar-refractivity contribution >= 4 is 11.7 Å². The molecule has 0 atom stereocenters. The normalized spacial score (nSPS) is 13.2. The molecule has 3 aromatic rings. The predicted octanol–water partition coefficient (Wildman–Crippen LogP) is 3.83. The molecule has 0 saturated heterocycles. The van der Waals surface area contributed by atoms with E-state index in [0.29, 0.717) is 30.3 Å². The Morgan fingerprint density at radius 3 is 2.50 bits per heavy atom. The summed E-state index contributed by atoms with van der Waals surface area (Å²) in [5, 5.41) is 6.23. The van der Waals surface area contributed by atoms with E-state index < -0.39 is 0 Å². The van der Waals surface area contributed by atoms with Gasteiger partial charge >= 0.3 is 0 Å². The number of halogens is 1. The number of nitrogens with zero attached hydrogens (tertiary/aromatic N) is 2. The summed E-state index contributed by atoms with van der Waals surface area (Å²) in [6.07, 6.45) is 2.75. The van der Waals surface area contributed by atoms with E-state index in [1.807, 2.05) is 30.3 Å². The Kier molecular flexibility index (Phi) is 5.28. The molecule has 2 aromatic carbocycles. The number of hydrogen-bond acceptors (Lipinski definition) is 4. The Balaban J connectivity index is 1.52. The molecule has 2 N–H and O–H groups in total. The van der Waals surface area contributed by atoms with E-state index in [1.165, 1.54) is 12.1 Å². The number of nitrogens with one attached hydrogen (secondary N) is 2. The largest absolute Gasteiger partial charge is 0.370 e. The van der Waals surface area contributed by atoms with Crippen molar-refractivity contribution in [3.63, 3.8) is 0 Å². The summed E-state index contributed by atoms with van der Waals surface area (Å²) in [6, 6.07) is 18.0. The van der Waals surface area contributed by atoms with Crippen LogP contribution in [0.4, 0.5) is 10.2 Å². The molecule has 0 spiro atoms. The summed E-state index contributed by atoms with van der Waals surface area (Å²) in [5.41, 5.74) is 2.23. The first-order valence-corrected chi connectivity index (χ1v) is 9.41. The maximum Gasteiger partial charge on any atom is 0.270 e. The molecule has 1 aliphatic carbocycles. The second kappa shape index (κ2) is 8.17. The average Bonchev–Trinajstić information content (AvgIpc) is 3.54. The molecule has 142 valence electrons. The lowest BCUT2D eigenvalue weighted by Crippen LogP contribution is -2.26. The zero-order chi connectivity index (χ0) is 19.3. The molecule has 6 heteroatoms. The Morgan fingerprint density at radius 1 is 1.04 bits per heavy atom. The van der Waals surface area contributed by atoms with Crippen LogP contribution < -0.4 is 10.6 Å². The first-order valence-electron chi connectivity index (χ1n) is 9.41. The number of amides is 1. The van der Waals surface area contributed by atoms with Crippen LogP contribution in [-0.2, 0) is 6.42 Å². The summed E-state index contributed by atoms with van der Waals surface area (Å²) < 4.78 is 13.0. The summed E-state index contributed by atoms with van der Waals surface area (Å²) in [4.78, 5) is 21.5. The summed E-state index contributed by atoms with van der Waals surface area (Å²) in [7, 11) is 0. The van der Waals surface area contributed by atoms with Crippen LogP contribution in [0, 0.1) is 5.82 Å². The van der Waals surface area contributed by atoms with Crippen LogP contribution in [-0.4, -0.2) is 28.5 Å². The van der Waals surface area contributed by atoms with E-state index in [9.17, 15) is 9.18 Å². The molecule has 5 nitrogen and oxygen atoms in total. The van der Waals surface area contributed by atoms with Gasteiger partial charge in [0.2, 0.25) is 0 Å². The van der Waals surface area contributed by atoms with E-state index in [2.05, 4.69) is 20.6 Å². The first kappa shape index (κ1) is 18.1. The first-order chi connectivity index (χ1) is 13.7. The summed E-state index contributed by atoms with van der Waals surface area (Å²) >= 11 is 0. The Morgan fingerprint density at radius 2 is 1.79 bits per heavy atom. The maximum atomic E-state index is 13.0. The predicted molar refractivity (Wildman–Crippen MR) is 107 cm³/mol. The van der Waals surface area contributed by atoms with Crippen LogP contribution in [0.15, 0.2) is 60.7 Å². The van der Waals surface area contributed by atoms with Gasteiger partial charge in [-0.3, -0.25) is 4.79 Å². The van der Waals surface area contributed by atoms with Gasteiger partial charge in [0.25, 0.3) is 5.91 Å². The van der Waals surface area contributed by atoms with Crippen LogP contribution in [0.25, 0.3) is 11.4 Å². The highest BCUT2D eigenvalue weighted by atomic mass is 19.1. The molecule has 1 saturated carbocycles. The molecule has 1 fully saturated rings. The lowest BCUT2D eigenvalue weighted by Gasteiger charge is -2.11. The van der Waals surface area contributed by atoms with Crippen molar-refractivity contribution in [2.24, 2.45) is 0 Å². The van der Waals surface area contributed by atoms with Gasteiger partial charge in [-0.25, -0.2) is 14.4 Å². The van der Waals surface area contributed by atoms with Gasteiger partial charge in [0.1, 0.15) is 17.3 Å². The van der Waals surface area contributed by atoms with Gasteiger partial charge in [0, 0.05) is 24.2 Å². The Hall–Kier alpha value is -3.28. The number of aromatic nitrogens is 2. The van der Waals surface area contributed by atoms with Crippen LogP contribution >= 0.6 is 0 Å². The highest BCUT2D eigenvalue weighted by Gasteiger charge is 2.25. The fourth-order valence-electron chi connectivity index (χ4n) is 2.84. The van der Waals surface area contributed by atoms with Crippen LogP contribution in [0.5, 0.6) is 0 Å². The van der Waals surface area contributed by atoms with E-state index in [-0.39, 0.29) is 17.8 Å². The van der Waals surface area contributed by atoms with Crippen LogP contribution in [0.1, 0.15) is 28.9 Å². The van der Waals surface area contributed by atoms with Crippen molar-refractivity contribution in [3.05, 3.63) is 77.7 Å². The minimum atomic E-state index is -0.244. The standard InChI is InChI=1S/C22H21FN4O/c23-17-8-6-15(7-9-17)12-13-24-20-14-19(22(28)25-18-10-11-18)26-21(27-20)16-4-2-1-3-5-16/h1-9,14,18H,10-13H2,(H,25,28)(H,24,26,27). The van der Waals surface area contributed by atoms with Crippen molar-refractivity contribution in [1.82, 2.24) is 15.3 Å². The van der Waals surface area contributed by atoms with Gasteiger partial charge in [-0.2, -0.15) is 0 Å². The molecule has 0 bridgehead atoms. The molecule has 28 heavy (non-hydrogen) atoms. The van der Waals surface area contributed by atoms with E-state index >= 15 is 0 Å². The molecule has 1 heterocycles. The van der Waals surface area contributed by atoms with Crippen molar-refractivity contribution < 1.29 is 9.18 Å². The number of carbonyl (C=O) groups is 1. The molecule has 1 amide bonds. The lowest BCUT2D eigenvalue weighted by molar-refractivity contribution is 0.0946. The monoisotopic (exact) mass is 376 g/mol. The zero-order valence-corrected chi connectivity index (χ0v) is 15.4. The molecular formula is C22H21FN4O. The molecule has 4 rings (SSSR count). The maximum absolute atomic E-state index is 13.0. The van der Waals surface area contributed by atoms with Gasteiger partial charge in [0.15, 0.2) is 5.82 Å². The lowest BCUT2D eigenvalue weighted by atomic mass is 10.1. The average molecular weight is 376 g/mol. The van der Waals surface area contributed by atoms with Crippen molar-refractivity contribution in [1.29, 1.82) is 0 Å². The second-order valence-corrected chi connectivity index (χ2v) is 6.88. The fourth-order valence-corrected chi connectivity index (χ4v) is 2.84. The van der Waals surface area contributed by atoms with Gasteiger partial charge in [0.05, 0.1) is 0 Å². The quantitative estimate of drug-likeness (QED) is 0.658. The second-order valence-electron chi connectivity index (χ2n) is 6.88. The van der Waals surface area contributed by atoms with Crippen molar-refractivity contribution in [2.75, 3.05) is 11.9 Å². The number of hydrogen-bond donors (Lipinski definition) is 2. The third kappa shape index (κ3) is 4.71. The van der Waals surface area contributed by atoms with Crippen LogP contribution in [0.3, 0.4) is 0 Å². The molecule has 1 aliphatic rings. The van der Waals surface area contributed by atoms with Gasteiger partial charge in [-0.15, -0.1) is 0 Å². The van der Waals surface area contributed by atoms with E-state index in [0.717, 1.165) is 24.0 Å².